The molecule has 1 aliphatic rings. The normalized spacial score (nSPS) is 17.0. The summed E-state index contributed by atoms with van der Waals surface area (Å²) < 4.78 is 46.6. The molecule has 1 fully saturated rings. The zero-order chi connectivity index (χ0) is 17.9. The number of aromatic nitrogens is 2. The van der Waals surface area contributed by atoms with Crippen molar-refractivity contribution < 1.29 is 22.4 Å². The van der Waals surface area contributed by atoms with Gasteiger partial charge in [-0.1, -0.05) is 23.4 Å². The minimum Gasteiger partial charge on any atom is -0.405 e. The van der Waals surface area contributed by atoms with Crippen molar-refractivity contribution in [1.82, 2.24) is 19.9 Å². The summed E-state index contributed by atoms with van der Waals surface area (Å²) in [6.07, 6.45) is -4.68. The van der Waals surface area contributed by atoms with Gasteiger partial charge in [-0.15, -0.1) is 13.2 Å². The third-order valence-electron chi connectivity index (χ3n) is 3.99. The monoisotopic (exact) mass is 356 g/mol. The standard InChI is InChI=1S/C16H19F3N4O2/c1-12-20-15(21-25-12)11-23-8-6-22(7-9-23)10-13-4-2-3-5-14(13)24-16(17,18)19/h2-5H,6-11H2,1H3. The first-order valence-corrected chi connectivity index (χ1v) is 7.96. The third-order valence-corrected chi connectivity index (χ3v) is 3.99. The Kier molecular flexibility index (Phi) is 5.24. The molecule has 1 saturated heterocycles. The molecule has 3 rings (SSSR count). The third kappa shape index (κ3) is 5.17. The molecule has 0 saturated carbocycles. The Morgan fingerprint density at radius 2 is 1.72 bits per heavy atom. The SMILES string of the molecule is Cc1nc(CN2CCN(Cc3ccccc3OC(F)(F)F)CC2)no1. The summed E-state index contributed by atoms with van der Waals surface area (Å²) in [6, 6.07) is 6.26. The van der Waals surface area contributed by atoms with Crippen LogP contribution in [-0.4, -0.2) is 52.5 Å². The van der Waals surface area contributed by atoms with Gasteiger partial charge in [0.05, 0.1) is 6.54 Å². The Balaban J connectivity index is 1.54. The van der Waals surface area contributed by atoms with Gasteiger partial charge in [-0.25, -0.2) is 0 Å². The van der Waals surface area contributed by atoms with E-state index in [4.69, 9.17) is 4.52 Å². The largest absolute Gasteiger partial charge is 0.573 e. The van der Waals surface area contributed by atoms with E-state index in [1.165, 1.54) is 12.1 Å². The first-order valence-electron chi connectivity index (χ1n) is 7.96. The average molecular weight is 356 g/mol. The van der Waals surface area contributed by atoms with Crippen molar-refractivity contribution in [3.63, 3.8) is 0 Å². The van der Waals surface area contributed by atoms with Crippen LogP contribution >= 0.6 is 0 Å². The maximum absolute atomic E-state index is 12.5. The van der Waals surface area contributed by atoms with Gasteiger partial charge in [0, 0.05) is 45.2 Å². The van der Waals surface area contributed by atoms with Crippen molar-refractivity contribution >= 4 is 0 Å². The van der Waals surface area contributed by atoms with Crippen LogP contribution in [0.3, 0.4) is 0 Å². The second-order valence-electron chi connectivity index (χ2n) is 5.94. The Hall–Kier alpha value is -2.13. The lowest BCUT2D eigenvalue weighted by molar-refractivity contribution is -0.275. The molecule has 1 aromatic heterocycles. The van der Waals surface area contributed by atoms with E-state index in [0.29, 0.717) is 30.4 Å². The van der Waals surface area contributed by atoms with Crippen molar-refractivity contribution in [1.29, 1.82) is 0 Å². The smallest absolute Gasteiger partial charge is 0.405 e. The van der Waals surface area contributed by atoms with Gasteiger partial charge in [0.25, 0.3) is 0 Å². The highest BCUT2D eigenvalue weighted by molar-refractivity contribution is 5.33. The first kappa shape index (κ1) is 17.7. The van der Waals surface area contributed by atoms with Gasteiger partial charge in [0.15, 0.2) is 5.82 Å². The fourth-order valence-electron chi connectivity index (χ4n) is 2.81. The van der Waals surface area contributed by atoms with Crippen molar-refractivity contribution in [2.75, 3.05) is 26.2 Å². The maximum atomic E-state index is 12.5. The number of hydrogen-bond acceptors (Lipinski definition) is 6. The number of hydrogen-bond donors (Lipinski definition) is 0. The summed E-state index contributed by atoms with van der Waals surface area (Å²) in [6.45, 7) is 5.84. The molecule has 0 spiro atoms. The molecule has 1 aliphatic heterocycles. The van der Waals surface area contributed by atoms with Gasteiger partial charge < -0.3 is 9.26 Å². The minimum absolute atomic E-state index is 0.139. The zero-order valence-electron chi connectivity index (χ0n) is 13.8. The maximum Gasteiger partial charge on any atom is 0.573 e. The van der Waals surface area contributed by atoms with Gasteiger partial charge in [0.1, 0.15) is 5.75 Å². The van der Waals surface area contributed by atoms with Gasteiger partial charge >= 0.3 is 6.36 Å². The molecule has 0 bridgehead atoms. The van der Waals surface area contributed by atoms with E-state index >= 15 is 0 Å². The summed E-state index contributed by atoms with van der Waals surface area (Å²) in [4.78, 5) is 8.48. The molecule has 6 nitrogen and oxygen atoms in total. The Morgan fingerprint density at radius 1 is 1.08 bits per heavy atom. The van der Waals surface area contributed by atoms with Crippen molar-refractivity contribution in [2.45, 2.75) is 26.4 Å². The fourth-order valence-corrected chi connectivity index (χ4v) is 2.81. The van der Waals surface area contributed by atoms with Gasteiger partial charge in [0.2, 0.25) is 5.89 Å². The zero-order valence-corrected chi connectivity index (χ0v) is 13.8. The van der Waals surface area contributed by atoms with E-state index in [2.05, 4.69) is 24.7 Å². The molecule has 9 heteroatoms. The summed E-state index contributed by atoms with van der Waals surface area (Å²) in [5.41, 5.74) is 0.530. The molecule has 0 amide bonds. The van der Waals surface area contributed by atoms with E-state index in [1.807, 2.05) is 0 Å². The highest BCUT2D eigenvalue weighted by Gasteiger charge is 2.32. The highest BCUT2D eigenvalue weighted by atomic mass is 19.4. The second kappa shape index (κ2) is 7.40. The van der Waals surface area contributed by atoms with E-state index in [9.17, 15) is 13.2 Å². The number of rotatable bonds is 5. The Morgan fingerprint density at radius 3 is 2.32 bits per heavy atom. The van der Waals surface area contributed by atoms with Crippen LogP contribution < -0.4 is 4.74 Å². The second-order valence-corrected chi connectivity index (χ2v) is 5.94. The van der Waals surface area contributed by atoms with Crippen molar-refractivity contribution in [3.8, 4) is 5.75 Å². The van der Waals surface area contributed by atoms with Gasteiger partial charge in [-0.05, 0) is 6.07 Å². The van der Waals surface area contributed by atoms with E-state index in [1.54, 1.807) is 19.1 Å². The number of aryl methyl sites for hydroxylation is 1. The lowest BCUT2D eigenvalue weighted by Crippen LogP contribution is -2.45. The lowest BCUT2D eigenvalue weighted by atomic mass is 10.1. The van der Waals surface area contributed by atoms with Crippen LogP contribution in [0.4, 0.5) is 13.2 Å². The van der Waals surface area contributed by atoms with Crippen LogP contribution in [0.5, 0.6) is 5.75 Å². The average Bonchev–Trinajstić information content (AvgIpc) is 2.95. The predicted molar refractivity (Wildman–Crippen MR) is 82.7 cm³/mol. The summed E-state index contributed by atoms with van der Waals surface area (Å²) in [5, 5.41) is 3.88. The van der Waals surface area contributed by atoms with Crippen LogP contribution in [0, 0.1) is 6.92 Å². The van der Waals surface area contributed by atoms with Crippen molar-refractivity contribution in [3.05, 3.63) is 41.5 Å². The van der Waals surface area contributed by atoms with Crippen LogP contribution in [0.2, 0.25) is 0 Å². The number of alkyl halides is 3. The summed E-state index contributed by atoms with van der Waals surface area (Å²) in [5.74, 6) is 1.05. The topological polar surface area (TPSA) is 54.6 Å². The van der Waals surface area contributed by atoms with Crippen LogP contribution in [0.15, 0.2) is 28.8 Å². The number of benzene rings is 1. The van der Waals surface area contributed by atoms with E-state index in [0.717, 1.165) is 26.2 Å². The van der Waals surface area contributed by atoms with E-state index in [-0.39, 0.29) is 5.75 Å². The Labute approximate surface area is 143 Å². The molecule has 0 radical (unpaired) electrons. The molecular formula is C16H19F3N4O2. The van der Waals surface area contributed by atoms with Crippen LogP contribution in [0.25, 0.3) is 0 Å². The molecule has 0 aliphatic carbocycles. The summed E-state index contributed by atoms with van der Waals surface area (Å²) >= 11 is 0. The number of para-hydroxylation sites is 1. The number of piperazine rings is 1. The molecule has 0 unspecified atom stereocenters. The van der Waals surface area contributed by atoms with Gasteiger partial charge in [-0.3, -0.25) is 9.80 Å². The first-order chi connectivity index (χ1) is 11.9. The number of nitrogens with zero attached hydrogens (tertiary/aromatic N) is 4. The molecule has 0 N–H and O–H groups in total. The summed E-state index contributed by atoms with van der Waals surface area (Å²) in [7, 11) is 0. The lowest BCUT2D eigenvalue weighted by Gasteiger charge is -2.34. The van der Waals surface area contributed by atoms with Crippen molar-refractivity contribution in [2.24, 2.45) is 0 Å². The fraction of sp³-hybridized carbons (Fsp3) is 0.500. The molecule has 0 atom stereocenters. The van der Waals surface area contributed by atoms with Crippen LogP contribution in [0.1, 0.15) is 17.3 Å². The minimum atomic E-state index is -4.68. The van der Waals surface area contributed by atoms with E-state index < -0.39 is 6.36 Å². The molecule has 1 aromatic carbocycles. The quantitative estimate of drug-likeness (QED) is 0.821. The number of ether oxygens (including phenoxy) is 1. The molecule has 2 heterocycles. The number of halogens is 3. The van der Waals surface area contributed by atoms with Crippen LogP contribution in [-0.2, 0) is 13.1 Å². The highest BCUT2D eigenvalue weighted by Crippen LogP contribution is 2.27. The van der Waals surface area contributed by atoms with Gasteiger partial charge in [-0.2, -0.15) is 4.98 Å². The predicted octanol–water partition coefficient (Wildman–Crippen LogP) is 2.59. The molecular weight excluding hydrogens is 337 g/mol. The molecule has 2 aromatic rings. The Bertz CT molecular complexity index is 697. The molecule has 25 heavy (non-hydrogen) atoms. The molecule has 136 valence electrons.